The number of nitrogens with zero attached hydrogens (tertiary/aromatic N) is 5. The first-order chi connectivity index (χ1) is 13.8. The van der Waals surface area contributed by atoms with E-state index in [1.165, 1.54) is 17.6 Å². The van der Waals surface area contributed by atoms with Crippen molar-refractivity contribution in [3.05, 3.63) is 12.7 Å². The summed E-state index contributed by atoms with van der Waals surface area (Å²) in [5.41, 5.74) is 6.54. The van der Waals surface area contributed by atoms with Gasteiger partial charge < -0.3 is 30.9 Å². The van der Waals surface area contributed by atoms with Gasteiger partial charge in [0.25, 0.3) is 0 Å². The Morgan fingerprint density at radius 1 is 1.24 bits per heavy atom. The standard InChI is InChI=1S/C16H22N6O7/c17-14-12-15(19-6-18-14)22(7-20-12)9-5-8(23)13(29-9)16(28)21(3-1-10(24)25)4-2-11(26)27/h6-9,13,16,23,28H,1-5H2,(H,24,25)(H,26,27)(H2,17,18,19)/t8-,9+,13-,16?/m0/s1. The average Bonchev–Trinajstić information content (AvgIpc) is 3.25. The minimum Gasteiger partial charge on any atom is -0.481 e. The normalized spacial score (nSPS) is 22.9. The molecule has 0 aliphatic carbocycles. The van der Waals surface area contributed by atoms with Crippen LogP contribution in [0.3, 0.4) is 0 Å². The average molecular weight is 410 g/mol. The zero-order valence-electron chi connectivity index (χ0n) is 15.3. The number of aliphatic hydroxyl groups is 2. The number of fused-ring (bicyclic) bond motifs is 1. The minimum absolute atomic E-state index is 0.0984. The first-order valence-corrected chi connectivity index (χ1v) is 8.90. The van der Waals surface area contributed by atoms with E-state index in [1.54, 1.807) is 4.57 Å². The first kappa shape index (κ1) is 20.9. The lowest BCUT2D eigenvalue weighted by Gasteiger charge is -2.32. The summed E-state index contributed by atoms with van der Waals surface area (Å²) in [5.74, 6) is -1.99. The third-order valence-corrected chi connectivity index (χ3v) is 4.73. The molecule has 1 aliphatic heterocycles. The number of aliphatic hydroxyl groups excluding tert-OH is 2. The van der Waals surface area contributed by atoms with Crippen molar-refractivity contribution in [2.24, 2.45) is 0 Å². The molecule has 6 N–H and O–H groups in total. The number of hydrogen-bond donors (Lipinski definition) is 5. The number of aliphatic carboxylic acids is 2. The molecule has 0 amide bonds. The predicted octanol–water partition coefficient (Wildman–Crippen LogP) is -1.37. The van der Waals surface area contributed by atoms with Gasteiger partial charge in [-0.2, -0.15) is 0 Å². The van der Waals surface area contributed by atoms with E-state index in [0.717, 1.165) is 0 Å². The second-order valence-corrected chi connectivity index (χ2v) is 6.68. The smallest absolute Gasteiger partial charge is 0.304 e. The Morgan fingerprint density at radius 2 is 1.90 bits per heavy atom. The van der Waals surface area contributed by atoms with Crippen molar-refractivity contribution in [1.82, 2.24) is 24.4 Å². The van der Waals surface area contributed by atoms with Gasteiger partial charge in [-0.25, -0.2) is 15.0 Å². The lowest BCUT2D eigenvalue weighted by atomic mass is 10.1. The molecule has 0 radical (unpaired) electrons. The van der Waals surface area contributed by atoms with Gasteiger partial charge >= 0.3 is 11.9 Å². The largest absolute Gasteiger partial charge is 0.481 e. The van der Waals surface area contributed by atoms with Crippen molar-refractivity contribution in [1.29, 1.82) is 0 Å². The number of imidazole rings is 1. The van der Waals surface area contributed by atoms with Crippen LogP contribution in [0.5, 0.6) is 0 Å². The number of anilines is 1. The fourth-order valence-corrected chi connectivity index (χ4v) is 3.26. The highest BCUT2D eigenvalue weighted by atomic mass is 16.5. The highest BCUT2D eigenvalue weighted by molar-refractivity contribution is 5.81. The van der Waals surface area contributed by atoms with Gasteiger partial charge in [-0.1, -0.05) is 0 Å². The summed E-state index contributed by atoms with van der Waals surface area (Å²) in [6, 6.07) is 0. The summed E-state index contributed by atoms with van der Waals surface area (Å²) in [4.78, 5) is 35.1. The van der Waals surface area contributed by atoms with E-state index in [0.29, 0.717) is 11.2 Å². The van der Waals surface area contributed by atoms with Crippen LogP contribution in [0.25, 0.3) is 11.2 Å². The molecule has 2 aromatic heterocycles. The summed E-state index contributed by atoms with van der Waals surface area (Å²) in [6.45, 7) is -0.197. The molecule has 1 fully saturated rings. The van der Waals surface area contributed by atoms with Crippen LogP contribution in [0.2, 0.25) is 0 Å². The van der Waals surface area contributed by atoms with Crippen molar-refractivity contribution in [2.45, 2.75) is 43.9 Å². The van der Waals surface area contributed by atoms with Crippen LogP contribution in [0.15, 0.2) is 12.7 Å². The van der Waals surface area contributed by atoms with Crippen LogP contribution in [-0.4, -0.2) is 88.3 Å². The van der Waals surface area contributed by atoms with Gasteiger partial charge in [-0.15, -0.1) is 0 Å². The van der Waals surface area contributed by atoms with Gasteiger partial charge in [0.1, 0.15) is 30.4 Å². The molecule has 2 aromatic rings. The van der Waals surface area contributed by atoms with Crippen LogP contribution in [0.1, 0.15) is 25.5 Å². The molecule has 158 valence electrons. The third kappa shape index (κ3) is 4.59. The highest BCUT2D eigenvalue weighted by Crippen LogP contribution is 2.33. The fraction of sp³-hybridized carbons (Fsp3) is 0.562. The topological polar surface area (TPSA) is 197 Å². The molecule has 1 aliphatic rings. The van der Waals surface area contributed by atoms with Gasteiger partial charge in [0.15, 0.2) is 11.5 Å². The molecule has 3 rings (SSSR count). The molecular formula is C16H22N6O7. The summed E-state index contributed by atoms with van der Waals surface area (Å²) in [5, 5.41) is 38.9. The molecule has 3 heterocycles. The Balaban J connectivity index is 1.76. The third-order valence-electron chi connectivity index (χ3n) is 4.73. The maximum absolute atomic E-state index is 10.9. The van der Waals surface area contributed by atoms with Crippen molar-refractivity contribution in [3.63, 3.8) is 0 Å². The number of nitrogens with two attached hydrogens (primary N) is 1. The number of carbonyl (C=O) groups is 2. The summed E-state index contributed by atoms with van der Waals surface area (Å²) in [6.07, 6.45) is -2.04. The molecule has 13 heteroatoms. The lowest BCUT2D eigenvalue weighted by molar-refractivity contribution is -0.149. The number of ether oxygens (including phenoxy) is 1. The quantitative estimate of drug-likeness (QED) is 0.304. The Labute approximate surface area is 164 Å². The molecule has 29 heavy (non-hydrogen) atoms. The van der Waals surface area contributed by atoms with Crippen LogP contribution >= 0.6 is 0 Å². The van der Waals surface area contributed by atoms with Gasteiger partial charge in [-0.05, 0) is 0 Å². The maximum Gasteiger partial charge on any atom is 0.304 e. The van der Waals surface area contributed by atoms with E-state index in [4.69, 9.17) is 20.7 Å². The van der Waals surface area contributed by atoms with Crippen molar-refractivity contribution in [2.75, 3.05) is 18.8 Å². The SMILES string of the molecule is Nc1ncnc2c1ncn2[C@H]1C[C@H](O)[C@@H](C(O)N(CCC(=O)O)CCC(=O)O)O1. The highest BCUT2D eigenvalue weighted by Gasteiger charge is 2.42. The van der Waals surface area contributed by atoms with E-state index in [2.05, 4.69) is 15.0 Å². The number of aromatic nitrogens is 4. The molecule has 0 saturated carbocycles. The van der Waals surface area contributed by atoms with Gasteiger partial charge in [0, 0.05) is 19.5 Å². The Hall–Kier alpha value is -2.87. The van der Waals surface area contributed by atoms with Gasteiger partial charge in [0.05, 0.1) is 25.3 Å². The summed E-state index contributed by atoms with van der Waals surface area (Å²) < 4.78 is 7.37. The van der Waals surface area contributed by atoms with Crippen LogP contribution < -0.4 is 5.73 Å². The first-order valence-electron chi connectivity index (χ1n) is 8.90. The van der Waals surface area contributed by atoms with E-state index in [-0.39, 0.29) is 38.2 Å². The lowest BCUT2D eigenvalue weighted by Crippen LogP contribution is -2.48. The van der Waals surface area contributed by atoms with Crippen LogP contribution in [-0.2, 0) is 14.3 Å². The van der Waals surface area contributed by atoms with Gasteiger partial charge in [0.2, 0.25) is 0 Å². The zero-order chi connectivity index (χ0) is 21.1. The molecular weight excluding hydrogens is 388 g/mol. The molecule has 0 bridgehead atoms. The van der Waals surface area contributed by atoms with Crippen molar-refractivity contribution >= 4 is 28.9 Å². The zero-order valence-corrected chi connectivity index (χ0v) is 15.3. The minimum atomic E-state index is -1.40. The van der Waals surface area contributed by atoms with E-state index in [1.807, 2.05) is 0 Å². The predicted molar refractivity (Wildman–Crippen MR) is 96.4 cm³/mol. The molecule has 13 nitrogen and oxygen atoms in total. The fourth-order valence-electron chi connectivity index (χ4n) is 3.26. The van der Waals surface area contributed by atoms with Crippen LogP contribution in [0, 0.1) is 0 Å². The second kappa shape index (κ2) is 8.65. The number of nitrogen functional groups attached to an aromatic ring is 1. The van der Waals surface area contributed by atoms with Crippen molar-refractivity contribution in [3.8, 4) is 0 Å². The molecule has 1 saturated heterocycles. The molecule has 0 aromatic carbocycles. The number of carboxylic acids is 2. The van der Waals surface area contributed by atoms with E-state index in [9.17, 15) is 19.8 Å². The molecule has 4 atom stereocenters. The summed E-state index contributed by atoms with van der Waals surface area (Å²) >= 11 is 0. The number of hydrogen-bond acceptors (Lipinski definition) is 10. The van der Waals surface area contributed by atoms with E-state index < -0.39 is 36.6 Å². The van der Waals surface area contributed by atoms with E-state index >= 15 is 0 Å². The maximum atomic E-state index is 10.9. The second-order valence-electron chi connectivity index (χ2n) is 6.68. The number of carboxylic acid groups (broad SMARTS) is 2. The Morgan fingerprint density at radius 3 is 2.52 bits per heavy atom. The Kier molecular flexibility index (Phi) is 6.22. The van der Waals surface area contributed by atoms with Crippen LogP contribution in [0.4, 0.5) is 5.82 Å². The summed E-state index contributed by atoms with van der Waals surface area (Å²) in [7, 11) is 0. The monoisotopic (exact) mass is 410 g/mol. The van der Waals surface area contributed by atoms with Gasteiger partial charge in [-0.3, -0.25) is 19.1 Å². The number of rotatable bonds is 9. The molecule has 1 unspecified atom stereocenters. The Bertz CT molecular complexity index is 872. The van der Waals surface area contributed by atoms with Crippen molar-refractivity contribution < 1.29 is 34.8 Å². The molecule has 0 spiro atoms.